The number of amides is 1. The third kappa shape index (κ3) is 2.21. The van der Waals surface area contributed by atoms with Crippen LogP contribution in [0.1, 0.15) is 6.42 Å². The van der Waals surface area contributed by atoms with E-state index >= 15 is 0 Å². The number of alkyl halides is 1. The van der Waals surface area contributed by atoms with Crippen molar-refractivity contribution in [3.05, 3.63) is 33.3 Å². The van der Waals surface area contributed by atoms with E-state index in [9.17, 15) is 14.9 Å². The van der Waals surface area contributed by atoms with E-state index in [1.54, 1.807) is 6.07 Å². The second-order valence-corrected chi connectivity index (χ2v) is 4.69. The maximum Gasteiger partial charge on any atom is 0.311 e. The van der Waals surface area contributed by atoms with Gasteiger partial charge in [-0.2, -0.15) is 0 Å². The fraction of sp³-hybridized carbons (Fsp3) is 0.300. The monoisotopic (exact) mass is 274 g/mol. The van der Waals surface area contributed by atoms with Gasteiger partial charge in [-0.05, 0) is 12.1 Å². The van der Waals surface area contributed by atoms with E-state index in [1.807, 2.05) is 0 Å². The van der Waals surface area contributed by atoms with Gasteiger partial charge in [-0.3, -0.25) is 14.9 Å². The molecule has 0 spiro atoms. The average molecular weight is 275 g/mol. The summed E-state index contributed by atoms with van der Waals surface area (Å²) in [6, 6.07) is 4.48. The predicted molar refractivity (Wildman–Crippen MR) is 64.7 cm³/mol. The molecule has 0 N–H and O–H groups in total. The van der Waals surface area contributed by atoms with Crippen molar-refractivity contribution in [2.75, 3.05) is 11.4 Å². The van der Waals surface area contributed by atoms with Crippen molar-refractivity contribution < 1.29 is 9.72 Å². The van der Waals surface area contributed by atoms with Gasteiger partial charge in [0.2, 0.25) is 5.91 Å². The van der Waals surface area contributed by atoms with E-state index in [1.165, 1.54) is 17.0 Å². The fourth-order valence-electron chi connectivity index (χ4n) is 1.80. The molecule has 1 aliphatic heterocycles. The van der Waals surface area contributed by atoms with Gasteiger partial charge in [-0.25, -0.2) is 0 Å². The molecular weight excluding hydrogens is 267 g/mol. The molecule has 2 rings (SSSR count). The molecule has 1 aromatic carbocycles. The van der Waals surface area contributed by atoms with Crippen molar-refractivity contribution in [3.63, 3.8) is 0 Å². The summed E-state index contributed by atoms with van der Waals surface area (Å²) in [6.07, 6.45) is 0.186. The third-order valence-corrected chi connectivity index (χ3v) is 3.11. The molecule has 7 heteroatoms. The molecule has 1 aromatic rings. The van der Waals surface area contributed by atoms with E-state index in [-0.39, 0.29) is 40.6 Å². The number of benzene rings is 1. The van der Waals surface area contributed by atoms with Crippen molar-refractivity contribution in [1.82, 2.24) is 0 Å². The van der Waals surface area contributed by atoms with Gasteiger partial charge in [0.05, 0.1) is 10.3 Å². The molecule has 0 aromatic heterocycles. The van der Waals surface area contributed by atoms with Crippen molar-refractivity contribution in [1.29, 1.82) is 0 Å². The highest BCUT2D eigenvalue weighted by Gasteiger charge is 2.34. The highest BCUT2D eigenvalue weighted by Crippen LogP contribution is 2.37. The van der Waals surface area contributed by atoms with Gasteiger partial charge in [0.15, 0.2) is 0 Å². The van der Waals surface area contributed by atoms with Crippen LogP contribution in [-0.4, -0.2) is 22.8 Å². The molecule has 0 bridgehead atoms. The summed E-state index contributed by atoms with van der Waals surface area (Å²) in [5.74, 6) is -0.227. The standard InChI is InChI=1S/C10H8Cl2N2O3/c11-6-4-9(15)13(5-6)8-3-1-2-7(12)10(8)14(16)17/h1-3,6H,4-5H2. The van der Waals surface area contributed by atoms with Crippen LogP contribution in [0.25, 0.3) is 0 Å². The zero-order chi connectivity index (χ0) is 12.6. The van der Waals surface area contributed by atoms with E-state index < -0.39 is 4.92 Å². The van der Waals surface area contributed by atoms with E-state index in [4.69, 9.17) is 23.2 Å². The first-order valence-corrected chi connectivity index (χ1v) is 5.69. The SMILES string of the molecule is O=C1CC(Cl)CN1c1cccc(Cl)c1[N+](=O)[O-]. The minimum Gasteiger partial charge on any atom is -0.305 e. The van der Waals surface area contributed by atoms with Crippen LogP contribution in [0.5, 0.6) is 0 Å². The van der Waals surface area contributed by atoms with Crippen molar-refractivity contribution >= 4 is 40.5 Å². The highest BCUT2D eigenvalue weighted by atomic mass is 35.5. The molecule has 0 aliphatic carbocycles. The number of rotatable bonds is 2. The van der Waals surface area contributed by atoms with Gasteiger partial charge >= 0.3 is 5.69 Å². The number of hydrogen-bond acceptors (Lipinski definition) is 3. The Kier molecular flexibility index (Phi) is 3.22. The zero-order valence-corrected chi connectivity index (χ0v) is 10.1. The minimum absolute atomic E-state index is 0.0123. The predicted octanol–water partition coefficient (Wildman–Crippen LogP) is 2.59. The number of hydrogen-bond donors (Lipinski definition) is 0. The molecule has 1 aliphatic rings. The Labute approximate surface area is 107 Å². The molecule has 1 heterocycles. The lowest BCUT2D eigenvalue weighted by Gasteiger charge is -2.16. The summed E-state index contributed by atoms with van der Waals surface area (Å²) in [6.45, 7) is 0.265. The molecule has 17 heavy (non-hydrogen) atoms. The number of nitrogens with zero attached hydrogens (tertiary/aromatic N) is 2. The first kappa shape index (κ1) is 12.1. The van der Waals surface area contributed by atoms with E-state index in [2.05, 4.69) is 0 Å². The third-order valence-electron chi connectivity index (χ3n) is 2.52. The zero-order valence-electron chi connectivity index (χ0n) is 8.60. The van der Waals surface area contributed by atoms with Crippen LogP contribution in [0.15, 0.2) is 18.2 Å². The maximum absolute atomic E-state index is 11.6. The molecule has 1 atom stereocenters. The van der Waals surface area contributed by atoms with Crippen LogP contribution in [0.3, 0.4) is 0 Å². The Morgan fingerprint density at radius 2 is 2.18 bits per heavy atom. The molecule has 5 nitrogen and oxygen atoms in total. The van der Waals surface area contributed by atoms with E-state index in [0.717, 1.165) is 0 Å². The molecule has 90 valence electrons. The first-order valence-electron chi connectivity index (χ1n) is 4.88. The Morgan fingerprint density at radius 3 is 2.71 bits per heavy atom. The molecule has 0 saturated carbocycles. The summed E-state index contributed by atoms with van der Waals surface area (Å²) in [7, 11) is 0. The maximum atomic E-state index is 11.6. The van der Waals surface area contributed by atoms with Gasteiger partial charge in [-0.15, -0.1) is 11.6 Å². The number of anilines is 1. The number of para-hydroxylation sites is 1. The summed E-state index contributed by atoms with van der Waals surface area (Å²) >= 11 is 11.6. The van der Waals surface area contributed by atoms with Crippen LogP contribution < -0.4 is 4.90 Å². The van der Waals surface area contributed by atoms with Gasteiger partial charge in [0.1, 0.15) is 10.7 Å². The molecule has 0 radical (unpaired) electrons. The Balaban J connectivity index is 2.49. The Bertz CT molecular complexity index is 492. The first-order chi connectivity index (χ1) is 8.00. The second kappa shape index (κ2) is 4.50. The number of carbonyl (C=O) groups is 1. The number of nitro groups is 1. The quantitative estimate of drug-likeness (QED) is 0.473. The van der Waals surface area contributed by atoms with Gasteiger partial charge in [-0.1, -0.05) is 17.7 Å². The molecule has 1 unspecified atom stereocenters. The smallest absolute Gasteiger partial charge is 0.305 e. The number of halogens is 2. The Hall–Kier alpha value is -1.33. The van der Waals surface area contributed by atoms with Gasteiger partial charge in [0, 0.05) is 13.0 Å². The topological polar surface area (TPSA) is 63.5 Å². The number of carbonyl (C=O) groups excluding carboxylic acids is 1. The lowest BCUT2D eigenvalue weighted by molar-refractivity contribution is -0.383. The summed E-state index contributed by atoms with van der Waals surface area (Å²) < 4.78 is 0. The number of nitro benzene ring substituents is 1. The molecule has 1 amide bonds. The van der Waals surface area contributed by atoms with E-state index in [0.29, 0.717) is 0 Å². The van der Waals surface area contributed by atoms with Crippen LogP contribution >= 0.6 is 23.2 Å². The minimum atomic E-state index is -0.591. The van der Waals surface area contributed by atoms with Gasteiger partial charge < -0.3 is 4.90 Å². The van der Waals surface area contributed by atoms with Crippen molar-refractivity contribution in [2.45, 2.75) is 11.8 Å². The second-order valence-electron chi connectivity index (χ2n) is 3.67. The normalized spacial score (nSPS) is 19.8. The van der Waals surface area contributed by atoms with Crippen LogP contribution in [0.4, 0.5) is 11.4 Å². The molecular formula is C10H8Cl2N2O3. The van der Waals surface area contributed by atoms with Crippen LogP contribution in [-0.2, 0) is 4.79 Å². The lowest BCUT2D eigenvalue weighted by Crippen LogP contribution is -2.25. The van der Waals surface area contributed by atoms with Crippen LogP contribution in [0.2, 0.25) is 5.02 Å². The average Bonchev–Trinajstić information content (AvgIpc) is 2.56. The van der Waals surface area contributed by atoms with Crippen molar-refractivity contribution in [2.24, 2.45) is 0 Å². The summed E-state index contributed by atoms with van der Waals surface area (Å²) in [5.41, 5.74) is -0.0519. The summed E-state index contributed by atoms with van der Waals surface area (Å²) in [5, 5.41) is 10.6. The summed E-state index contributed by atoms with van der Waals surface area (Å²) in [4.78, 5) is 23.3. The highest BCUT2D eigenvalue weighted by molar-refractivity contribution is 6.33. The fourth-order valence-corrected chi connectivity index (χ4v) is 2.31. The van der Waals surface area contributed by atoms with Gasteiger partial charge in [0.25, 0.3) is 0 Å². The lowest BCUT2D eigenvalue weighted by atomic mass is 10.2. The van der Waals surface area contributed by atoms with Crippen LogP contribution in [0, 0.1) is 10.1 Å². The largest absolute Gasteiger partial charge is 0.311 e. The molecule has 1 saturated heterocycles. The Morgan fingerprint density at radius 1 is 1.47 bits per heavy atom. The molecule has 1 fully saturated rings. The van der Waals surface area contributed by atoms with Crippen molar-refractivity contribution in [3.8, 4) is 0 Å².